The number of carbonyl (C=O) groups is 1. The summed E-state index contributed by atoms with van der Waals surface area (Å²) in [7, 11) is 0. The third-order valence-corrected chi connectivity index (χ3v) is 4.81. The van der Waals surface area contributed by atoms with Gasteiger partial charge in [0, 0.05) is 36.5 Å². The molecule has 0 atom stereocenters. The van der Waals surface area contributed by atoms with Crippen LogP contribution in [0, 0.1) is 5.92 Å². The summed E-state index contributed by atoms with van der Waals surface area (Å²) in [6, 6.07) is 5.01. The number of hydrogen-bond acceptors (Lipinski definition) is 4. The van der Waals surface area contributed by atoms with Crippen LogP contribution in [0.5, 0.6) is 0 Å². The topological polar surface area (TPSA) is 54.0 Å². The maximum Gasteiger partial charge on any atom is 0.416 e. The number of benzene rings is 1. The van der Waals surface area contributed by atoms with E-state index in [4.69, 9.17) is 0 Å². The van der Waals surface area contributed by atoms with Crippen LogP contribution in [0.25, 0.3) is 10.6 Å². The molecular formula is C17H18F3N3OS. The highest BCUT2D eigenvalue weighted by Crippen LogP contribution is 2.31. The van der Waals surface area contributed by atoms with Gasteiger partial charge in [-0.05, 0) is 25.0 Å². The van der Waals surface area contributed by atoms with Gasteiger partial charge in [0.25, 0.3) is 0 Å². The smallest absolute Gasteiger partial charge is 0.355 e. The molecule has 0 saturated heterocycles. The summed E-state index contributed by atoms with van der Waals surface area (Å²) in [6.45, 7) is 1.77. The van der Waals surface area contributed by atoms with Crippen LogP contribution in [-0.4, -0.2) is 24.0 Å². The van der Waals surface area contributed by atoms with Crippen LogP contribution < -0.4 is 10.6 Å². The number of hydrogen-bond donors (Lipinski definition) is 2. The second kappa shape index (κ2) is 7.53. The van der Waals surface area contributed by atoms with E-state index >= 15 is 0 Å². The van der Waals surface area contributed by atoms with Crippen LogP contribution in [-0.2, 0) is 17.5 Å². The summed E-state index contributed by atoms with van der Waals surface area (Å²) in [5.74, 6) is 0.338. The third-order valence-electron chi connectivity index (χ3n) is 3.87. The molecule has 2 N–H and O–H groups in total. The van der Waals surface area contributed by atoms with Crippen molar-refractivity contribution in [2.45, 2.75) is 25.6 Å². The Morgan fingerprint density at radius 2 is 1.92 bits per heavy atom. The van der Waals surface area contributed by atoms with E-state index in [1.165, 1.54) is 23.5 Å². The van der Waals surface area contributed by atoms with Crippen molar-refractivity contribution in [3.8, 4) is 10.6 Å². The second-order valence-corrected chi connectivity index (χ2v) is 6.82. The Morgan fingerprint density at radius 3 is 2.56 bits per heavy atom. The minimum absolute atomic E-state index is 0.125. The summed E-state index contributed by atoms with van der Waals surface area (Å²) >= 11 is 1.39. The molecule has 2 aromatic rings. The van der Waals surface area contributed by atoms with E-state index in [0.717, 1.165) is 30.7 Å². The fraction of sp³-hybridized carbons (Fsp3) is 0.412. The molecule has 25 heavy (non-hydrogen) atoms. The third kappa shape index (κ3) is 5.02. The first kappa shape index (κ1) is 17.9. The summed E-state index contributed by atoms with van der Waals surface area (Å²) in [4.78, 5) is 15.9. The van der Waals surface area contributed by atoms with Crippen molar-refractivity contribution in [2.75, 3.05) is 13.1 Å². The predicted octanol–water partition coefficient (Wildman–Crippen LogP) is 3.44. The Kier molecular flexibility index (Phi) is 5.39. The molecule has 0 radical (unpaired) electrons. The lowest BCUT2D eigenvalue weighted by Gasteiger charge is -2.06. The lowest BCUT2D eigenvalue weighted by atomic mass is 10.1. The molecule has 0 aliphatic heterocycles. The van der Waals surface area contributed by atoms with Gasteiger partial charge in [0.05, 0.1) is 11.3 Å². The van der Waals surface area contributed by atoms with E-state index in [9.17, 15) is 18.0 Å². The van der Waals surface area contributed by atoms with Gasteiger partial charge in [-0.25, -0.2) is 4.98 Å². The quantitative estimate of drug-likeness (QED) is 0.735. The number of rotatable bonds is 7. The normalized spacial score (nSPS) is 14.5. The van der Waals surface area contributed by atoms with Crippen molar-refractivity contribution in [1.82, 2.24) is 15.6 Å². The molecule has 1 aliphatic carbocycles. The number of alkyl halides is 3. The van der Waals surface area contributed by atoms with E-state index in [1.807, 2.05) is 5.38 Å². The highest BCUT2D eigenvalue weighted by molar-refractivity contribution is 7.13. The Balaban J connectivity index is 1.46. The molecule has 1 saturated carbocycles. The summed E-state index contributed by atoms with van der Waals surface area (Å²) in [5, 5.41) is 8.62. The highest BCUT2D eigenvalue weighted by Gasteiger charge is 2.30. The molecule has 0 bridgehead atoms. The van der Waals surface area contributed by atoms with Crippen molar-refractivity contribution < 1.29 is 18.0 Å². The van der Waals surface area contributed by atoms with Gasteiger partial charge in [0.15, 0.2) is 0 Å². The first-order valence-corrected chi connectivity index (χ1v) is 8.92. The Labute approximate surface area is 147 Å². The highest BCUT2D eigenvalue weighted by atomic mass is 32.1. The largest absolute Gasteiger partial charge is 0.416 e. The lowest BCUT2D eigenvalue weighted by molar-refractivity contribution is -0.137. The first-order chi connectivity index (χ1) is 11.9. The maximum atomic E-state index is 12.6. The molecular weight excluding hydrogens is 351 g/mol. The Hall–Kier alpha value is -1.93. The SMILES string of the molecule is O=C(NCCNCc1csc(-c2ccc(C(F)(F)F)cc2)n1)C1CC1. The van der Waals surface area contributed by atoms with Crippen LogP contribution in [0.1, 0.15) is 24.1 Å². The van der Waals surface area contributed by atoms with Crippen molar-refractivity contribution in [3.05, 3.63) is 40.9 Å². The number of nitrogens with zero attached hydrogens (tertiary/aromatic N) is 1. The molecule has 0 spiro atoms. The Morgan fingerprint density at radius 1 is 1.20 bits per heavy atom. The first-order valence-electron chi connectivity index (χ1n) is 8.04. The molecule has 134 valence electrons. The van der Waals surface area contributed by atoms with Gasteiger partial charge in [-0.1, -0.05) is 12.1 Å². The summed E-state index contributed by atoms with van der Waals surface area (Å²) in [6.07, 6.45) is -2.35. The van der Waals surface area contributed by atoms with Gasteiger partial charge in [-0.3, -0.25) is 4.79 Å². The van der Waals surface area contributed by atoms with Crippen LogP contribution in [0.2, 0.25) is 0 Å². The fourth-order valence-electron chi connectivity index (χ4n) is 2.30. The van der Waals surface area contributed by atoms with Gasteiger partial charge < -0.3 is 10.6 Å². The zero-order valence-electron chi connectivity index (χ0n) is 13.4. The van der Waals surface area contributed by atoms with E-state index in [1.54, 1.807) is 0 Å². The van der Waals surface area contributed by atoms with Crippen LogP contribution >= 0.6 is 11.3 Å². The van der Waals surface area contributed by atoms with Gasteiger partial charge in [-0.15, -0.1) is 11.3 Å². The summed E-state index contributed by atoms with van der Waals surface area (Å²) in [5.41, 5.74) is 0.831. The van der Waals surface area contributed by atoms with Gasteiger partial charge >= 0.3 is 6.18 Å². The van der Waals surface area contributed by atoms with Crippen molar-refractivity contribution in [3.63, 3.8) is 0 Å². The molecule has 1 aliphatic rings. The van der Waals surface area contributed by atoms with Crippen molar-refractivity contribution >= 4 is 17.2 Å². The molecule has 1 aromatic carbocycles. The van der Waals surface area contributed by atoms with Gasteiger partial charge in [0.2, 0.25) is 5.91 Å². The Bertz CT molecular complexity index is 723. The second-order valence-electron chi connectivity index (χ2n) is 5.96. The number of aromatic nitrogens is 1. The number of halogens is 3. The average Bonchev–Trinajstić information content (AvgIpc) is 3.33. The molecule has 1 fully saturated rings. The van der Waals surface area contributed by atoms with E-state index in [-0.39, 0.29) is 11.8 Å². The van der Waals surface area contributed by atoms with Crippen LogP contribution in [0.15, 0.2) is 29.6 Å². The average molecular weight is 369 g/mol. The van der Waals surface area contributed by atoms with Crippen molar-refractivity contribution in [1.29, 1.82) is 0 Å². The number of carbonyl (C=O) groups excluding carboxylic acids is 1. The van der Waals surface area contributed by atoms with E-state index in [2.05, 4.69) is 15.6 Å². The lowest BCUT2D eigenvalue weighted by Crippen LogP contribution is -2.32. The molecule has 1 heterocycles. The molecule has 4 nitrogen and oxygen atoms in total. The van der Waals surface area contributed by atoms with Gasteiger partial charge in [-0.2, -0.15) is 13.2 Å². The number of amides is 1. The van der Waals surface area contributed by atoms with Gasteiger partial charge in [0.1, 0.15) is 5.01 Å². The number of thiazole rings is 1. The van der Waals surface area contributed by atoms with E-state index in [0.29, 0.717) is 30.2 Å². The van der Waals surface area contributed by atoms with Crippen LogP contribution in [0.4, 0.5) is 13.2 Å². The van der Waals surface area contributed by atoms with Crippen molar-refractivity contribution in [2.24, 2.45) is 5.92 Å². The maximum absolute atomic E-state index is 12.6. The molecule has 8 heteroatoms. The van der Waals surface area contributed by atoms with E-state index < -0.39 is 11.7 Å². The fourth-order valence-corrected chi connectivity index (χ4v) is 3.13. The molecule has 1 amide bonds. The monoisotopic (exact) mass is 369 g/mol. The van der Waals surface area contributed by atoms with Crippen LogP contribution in [0.3, 0.4) is 0 Å². The minimum Gasteiger partial charge on any atom is -0.355 e. The minimum atomic E-state index is -4.33. The molecule has 1 aromatic heterocycles. The number of nitrogens with one attached hydrogen (secondary N) is 2. The predicted molar refractivity (Wildman–Crippen MR) is 90.0 cm³/mol. The summed E-state index contributed by atoms with van der Waals surface area (Å²) < 4.78 is 37.7. The molecule has 3 rings (SSSR count). The zero-order valence-corrected chi connectivity index (χ0v) is 14.2. The molecule has 0 unspecified atom stereocenters. The standard InChI is InChI=1S/C17H18F3N3OS/c18-17(19,20)13-5-3-12(4-6-13)16-23-14(10-25-16)9-21-7-8-22-15(24)11-1-2-11/h3-6,10-11,21H,1-2,7-9H2,(H,22,24). The zero-order chi connectivity index (χ0) is 17.9.